The second-order valence-corrected chi connectivity index (χ2v) is 12.7. The number of phenolic OH excluding ortho intramolecular Hbond substituents is 1. The number of hydrogen-bond donors (Lipinski definition) is 2. The number of alkyl halides is 1. The smallest absolute Gasteiger partial charge is 0.318 e. The first-order chi connectivity index (χ1) is 23.2. The van der Waals surface area contributed by atoms with Crippen molar-refractivity contribution in [3.05, 3.63) is 52.4 Å². The van der Waals surface area contributed by atoms with Crippen LogP contribution in [0.15, 0.2) is 30.5 Å². The minimum Gasteiger partial charge on any atom is -0.508 e. The fourth-order valence-corrected chi connectivity index (χ4v) is 7.34. The van der Waals surface area contributed by atoms with Gasteiger partial charge in [-0.2, -0.15) is 9.97 Å². The molecule has 13 heteroatoms. The van der Waals surface area contributed by atoms with Gasteiger partial charge in [0, 0.05) is 34.9 Å². The van der Waals surface area contributed by atoms with Crippen molar-refractivity contribution in [1.82, 2.24) is 24.8 Å². The van der Waals surface area contributed by atoms with Gasteiger partial charge in [0.15, 0.2) is 5.82 Å². The average molecular weight is 682 g/mol. The highest BCUT2D eigenvalue weighted by molar-refractivity contribution is 6.32. The SMILES string of the molecule is CC.COc1nc2c3c(nc(-c4cc(O)cc(Cl)c4C4CC4)c(F)c3n1)OCCN2C(C)c1cccnc1N.FC1CC2CCCN2C1. The van der Waals surface area contributed by atoms with Crippen LogP contribution in [-0.4, -0.2) is 75.5 Å². The zero-order valence-electron chi connectivity index (χ0n) is 27.7. The van der Waals surface area contributed by atoms with E-state index in [0.29, 0.717) is 46.7 Å². The zero-order valence-corrected chi connectivity index (χ0v) is 28.5. The number of aromatic hydroxyl groups is 1. The van der Waals surface area contributed by atoms with Crippen LogP contribution in [-0.2, 0) is 0 Å². The van der Waals surface area contributed by atoms with Gasteiger partial charge in [-0.3, -0.25) is 4.90 Å². The highest BCUT2D eigenvalue weighted by Crippen LogP contribution is 2.50. The number of nitrogen functional groups attached to an aromatic ring is 1. The van der Waals surface area contributed by atoms with Gasteiger partial charge in [0.25, 0.3) is 0 Å². The summed E-state index contributed by atoms with van der Waals surface area (Å²) in [7, 11) is 1.43. The minimum absolute atomic E-state index is 0.000818. The fraction of sp³-hybridized carbons (Fsp3) is 0.486. The number of nitrogens with zero attached hydrogens (tertiary/aromatic N) is 6. The molecule has 2 saturated heterocycles. The number of hydrogen-bond acceptors (Lipinski definition) is 10. The molecule has 4 aromatic rings. The molecule has 3 aromatic heterocycles. The second kappa shape index (κ2) is 14.2. The molecule has 48 heavy (non-hydrogen) atoms. The van der Waals surface area contributed by atoms with E-state index in [1.807, 2.05) is 37.8 Å². The lowest BCUT2D eigenvalue weighted by atomic mass is 9.98. The van der Waals surface area contributed by atoms with Gasteiger partial charge >= 0.3 is 6.01 Å². The number of halogens is 3. The van der Waals surface area contributed by atoms with E-state index in [1.54, 1.807) is 6.20 Å². The van der Waals surface area contributed by atoms with Crippen LogP contribution in [0.4, 0.5) is 20.4 Å². The third kappa shape index (κ3) is 6.52. The Bertz CT molecular complexity index is 1780. The molecule has 6 heterocycles. The summed E-state index contributed by atoms with van der Waals surface area (Å²) in [4.78, 5) is 22.0. The van der Waals surface area contributed by atoms with E-state index in [1.165, 1.54) is 32.1 Å². The van der Waals surface area contributed by atoms with Crippen molar-refractivity contribution in [2.24, 2.45) is 0 Å². The van der Waals surface area contributed by atoms with Gasteiger partial charge in [-0.25, -0.2) is 18.7 Å². The Balaban J connectivity index is 0.000000310. The highest BCUT2D eigenvalue weighted by atomic mass is 35.5. The van der Waals surface area contributed by atoms with E-state index >= 15 is 4.39 Å². The van der Waals surface area contributed by atoms with E-state index in [-0.39, 0.29) is 47.4 Å². The second-order valence-electron chi connectivity index (χ2n) is 12.3. The van der Waals surface area contributed by atoms with Crippen LogP contribution in [0.3, 0.4) is 0 Å². The summed E-state index contributed by atoms with van der Waals surface area (Å²) in [6.45, 7) is 8.50. The largest absolute Gasteiger partial charge is 0.508 e. The lowest BCUT2D eigenvalue weighted by molar-refractivity contribution is 0.292. The summed E-state index contributed by atoms with van der Waals surface area (Å²) in [6, 6.07) is 7.00. The lowest BCUT2D eigenvalue weighted by Gasteiger charge is -2.30. The number of phenols is 1. The molecule has 0 radical (unpaired) electrons. The molecule has 3 unspecified atom stereocenters. The molecule has 0 spiro atoms. The number of benzene rings is 1. The van der Waals surface area contributed by atoms with E-state index in [4.69, 9.17) is 26.8 Å². The number of ether oxygens (including phenoxy) is 2. The molecular formula is C35H42ClF2N7O3. The predicted molar refractivity (Wildman–Crippen MR) is 183 cm³/mol. The van der Waals surface area contributed by atoms with Gasteiger partial charge < -0.3 is 25.2 Å². The molecule has 4 aliphatic rings. The van der Waals surface area contributed by atoms with Gasteiger partial charge in [0.05, 0.1) is 19.7 Å². The Hall–Kier alpha value is -4.03. The van der Waals surface area contributed by atoms with Crippen molar-refractivity contribution < 1.29 is 23.4 Å². The summed E-state index contributed by atoms with van der Waals surface area (Å²) < 4.78 is 40.3. The van der Waals surface area contributed by atoms with Crippen molar-refractivity contribution in [3.63, 3.8) is 0 Å². The minimum atomic E-state index is -0.678. The summed E-state index contributed by atoms with van der Waals surface area (Å²) >= 11 is 6.49. The van der Waals surface area contributed by atoms with Crippen LogP contribution in [0.5, 0.6) is 17.6 Å². The van der Waals surface area contributed by atoms with Crippen molar-refractivity contribution >= 4 is 34.1 Å². The first-order valence-corrected chi connectivity index (χ1v) is 17.1. The lowest BCUT2D eigenvalue weighted by Crippen LogP contribution is -2.31. The molecule has 8 rings (SSSR count). The first kappa shape index (κ1) is 33.9. The van der Waals surface area contributed by atoms with Gasteiger partial charge in [-0.05, 0) is 75.3 Å². The van der Waals surface area contributed by atoms with E-state index in [2.05, 4.69) is 24.8 Å². The maximum atomic E-state index is 16.3. The highest BCUT2D eigenvalue weighted by Gasteiger charge is 2.36. The number of anilines is 2. The Morgan fingerprint density at radius 1 is 1.15 bits per heavy atom. The Kier molecular flexibility index (Phi) is 10.0. The molecule has 3 atom stereocenters. The molecule has 1 aromatic carbocycles. The summed E-state index contributed by atoms with van der Waals surface area (Å²) in [5, 5.41) is 11.0. The van der Waals surface area contributed by atoms with Gasteiger partial charge in [-0.1, -0.05) is 31.5 Å². The standard InChI is InChI=1S/C26H24ClFN6O3.C7H12FN.C2H6/c1-12(15-4-3-7-30-23(15)29)34-8-9-37-25-19-22(32-26(36-2)33-24(19)34)20(28)21(31-25)16-10-14(35)11-17(27)18(16)13-5-6-13;8-6-4-7-2-1-3-9(7)5-6;1-2/h3-4,7,10-13,35H,5-6,8-9H2,1-2H3,(H2,29,30);6-7H,1-5H2;1-2H3. The van der Waals surface area contributed by atoms with Crippen LogP contribution < -0.4 is 20.1 Å². The van der Waals surface area contributed by atoms with Crippen molar-refractivity contribution in [2.75, 3.05) is 44.0 Å². The molecule has 3 aliphatic heterocycles. The molecule has 0 bridgehead atoms. The maximum absolute atomic E-state index is 16.3. The Morgan fingerprint density at radius 3 is 2.65 bits per heavy atom. The third-order valence-corrected chi connectivity index (χ3v) is 9.65. The van der Waals surface area contributed by atoms with Crippen LogP contribution in [0.2, 0.25) is 5.02 Å². The zero-order chi connectivity index (χ0) is 34.1. The molecule has 0 amide bonds. The monoisotopic (exact) mass is 681 g/mol. The fourth-order valence-electron chi connectivity index (χ4n) is 6.97. The molecule has 1 aliphatic carbocycles. The summed E-state index contributed by atoms with van der Waals surface area (Å²) in [5.74, 6) is 0.428. The van der Waals surface area contributed by atoms with Gasteiger partial charge in [0.1, 0.15) is 46.8 Å². The molecule has 10 nitrogen and oxygen atoms in total. The van der Waals surface area contributed by atoms with Crippen molar-refractivity contribution in [3.8, 4) is 28.9 Å². The number of fused-ring (bicyclic) bond motifs is 1. The van der Waals surface area contributed by atoms with Crippen molar-refractivity contribution in [1.29, 1.82) is 0 Å². The van der Waals surface area contributed by atoms with Gasteiger partial charge in [-0.15, -0.1) is 0 Å². The normalized spacial score (nSPS) is 20.5. The quantitative estimate of drug-likeness (QED) is 0.223. The van der Waals surface area contributed by atoms with E-state index in [0.717, 1.165) is 36.9 Å². The predicted octanol–water partition coefficient (Wildman–Crippen LogP) is 7.23. The summed E-state index contributed by atoms with van der Waals surface area (Å²) in [5.41, 5.74) is 8.14. The van der Waals surface area contributed by atoms with E-state index in [9.17, 15) is 9.50 Å². The van der Waals surface area contributed by atoms with Crippen LogP contribution >= 0.6 is 11.6 Å². The van der Waals surface area contributed by atoms with Crippen LogP contribution in [0, 0.1) is 5.82 Å². The number of rotatable bonds is 5. The number of methoxy groups -OCH3 is 1. The molecule has 3 fully saturated rings. The molecule has 1 saturated carbocycles. The van der Waals surface area contributed by atoms with Crippen LogP contribution in [0.25, 0.3) is 22.2 Å². The first-order valence-electron chi connectivity index (χ1n) is 16.7. The Labute approximate surface area is 284 Å². The van der Waals surface area contributed by atoms with Crippen molar-refractivity contribution in [2.45, 2.75) is 77.0 Å². The average Bonchev–Trinajstić information content (AvgIpc) is 3.76. The Morgan fingerprint density at radius 2 is 1.94 bits per heavy atom. The van der Waals surface area contributed by atoms with E-state index < -0.39 is 12.0 Å². The van der Waals surface area contributed by atoms with Crippen LogP contribution in [0.1, 0.15) is 76.0 Å². The number of pyridine rings is 2. The molecule has 3 N–H and O–H groups in total. The third-order valence-electron chi connectivity index (χ3n) is 9.34. The molecular weight excluding hydrogens is 640 g/mol. The summed E-state index contributed by atoms with van der Waals surface area (Å²) in [6.07, 6.45) is 6.30. The molecule has 256 valence electrons. The number of aromatic nitrogens is 4. The number of nitrogens with two attached hydrogens (primary N) is 1. The van der Waals surface area contributed by atoms with Gasteiger partial charge in [0.2, 0.25) is 5.88 Å². The maximum Gasteiger partial charge on any atom is 0.318 e. The topological polar surface area (TPSA) is 123 Å².